The summed E-state index contributed by atoms with van der Waals surface area (Å²) in [6.07, 6.45) is 2.37. The van der Waals surface area contributed by atoms with Gasteiger partial charge in [0, 0.05) is 32.2 Å². The second-order valence-electron chi connectivity index (χ2n) is 4.80. The van der Waals surface area contributed by atoms with Crippen LogP contribution in [0.15, 0.2) is 0 Å². The standard InChI is InChI=1S/C11H22N2O4S/c1-9(8-17-2)12-11(14)10-4-6-13(7-5-10)18(3,15)16/h9-10H,4-8H2,1-3H3,(H,12,14)/t9-/m1/s1. The highest BCUT2D eigenvalue weighted by atomic mass is 32.2. The Hall–Kier alpha value is -0.660. The number of carbonyl (C=O) groups is 1. The normalized spacial score (nSPS) is 20.6. The number of sulfonamides is 1. The van der Waals surface area contributed by atoms with Crippen molar-refractivity contribution in [1.29, 1.82) is 0 Å². The van der Waals surface area contributed by atoms with Crippen molar-refractivity contribution in [2.75, 3.05) is 33.1 Å². The third-order valence-corrected chi connectivity index (χ3v) is 4.40. The first-order valence-corrected chi connectivity index (χ1v) is 7.94. The Balaban J connectivity index is 2.41. The second-order valence-corrected chi connectivity index (χ2v) is 6.78. The van der Waals surface area contributed by atoms with Gasteiger partial charge in [0.15, 0.2) is 0 Å². The van der Waals surface area contributed by atoms with Crippen molar-refractivity contribution in [2.45, 2.75) is 25.8 Å². The van der Waals surface area contributed by atoms with Crippen LogP contribution >= 0.6 is 0 Å². The van der Waals surface area contributed by atoms with Crippen LogP contribution in [0.1, 0.15) is 19.8 Å². The molecule has 106 valence electrons. The summed E-state index contributed by atoms with van der Waals surface area (Å²) in [7, 11) is -1.53. The average Bonchev–Trinajstić information content (AvgIpc) is 2.28. The topological polar surface area (TPSA) is 75.7 Å². The minimum absolute atomic E-state index is 0.00676. The number of amides is 1. The minimum atomic E-state index is -3.13. The van der Waals surface area contributed by atoms with Gasteiger partial charge in [-0.3, -0.25) is 4.79 Å². The minimum Gasteiger partial charge on any atom is -0.383 e. The van der Waals surface area contributed by atoms with E-state index in [1.165, 1.54) is 10.6 Å². The first-order valence-electron chi connectivity index (χ1n) is 6.09. The summed E-state index contributed by atoms with van der Waals surface area (Å²) in [4.78, 5) is 11.9. The van der Waals surface area contributed by atoms with Gasteiger partial charge in [-0.25, -0.2) is 12.7 Å². The van der Waals surface area contributed by atoms with E-state index in [0.717, 1.165) is 0 Å². The van der Waals surface area contributed by atoms with Crippen LogP contribution in [0, 0.1) is 5.92 Å². The molecule has 1 heterocycles. The first kappa shape index (κ1) is 15.4. The lowest BCUT2D eigenvalue weighted by atomic mass is 9.97. The van der Waals surface area contributed by atoms with Gasteiger partial charge in [0.1, 0.15) is 0 Å². The Morgan fingerprint density at radius 2 is 2.00 bits per heavy atom. The third-order valence-electron chi connectivity index (χ3n) is 3.10. The van der Waals surface area contributed by atoms with Gasteiger partial charge >= 0.3 is 0 Å². The lowest BCUT2D eigenvalue weighted by Crippen LogP contribution is -2.45. The Bertz CT molecular complexity index is 375. The van der Waals surface area contributed by atoms with E-state index < -0.39 is 10.0 Å². The molecule has 1 amide bonds. The molecule has 0 aromatic rings. The number of carbonyl (C=O) groups excluding carboxylic acids is 1. The molecule has 0 aromatic heterocycles. The molecule has 0 aliphatic carbocycles. The van der Waals surface area contributed by atoms with Crippen molar-refractivity contribution in [1.82, 2.24) is 9.62 Å². The smallest absolute Gasteiger partial charge is 0.223 e. The molecule has 1 atom stereocenters. The molecule has 0 aromatic carbocycles. The van der Waals surface area contributed by atoms with Gasteiger partial charge in [-0.05, 0) is 19.8 Å². The van der Waals surface area contributed by atoms with Crippen LogP contribution in [0.2, 0.25) is 0 Å². The highest BCUT2D eigenvalue weighted by molar-refractivity contribution is 7.88. The van der Waals surface area contributed by atoms with E-state index in [1.54, 1.807) is 7.11 Å². The average molecular weight is 278 g/mol. The molecule has 1 aliphatic rings. The molecule has 1 rings (SSSR count). The molecule has 18 heavy (non-hydrogen) atoms. The van der Waals surface area contributed by atoms with Crippen LogP contribution in [-0.4, -0.2) is 57.7 Å². The molecule has 0 unspecified atom stereocenters. The largest absolute Gasteiger partial charge is 0.383 e. The second kappa shape index (κ2) is 6.49. The number of rotatable bonds is 5. The fourth-order valence-electron chi connectivity index (χ4n) is 2.10. The Morgan fingerprint density at radius 3 is 2.44 bits per heavy atom. The van der Waals surface area contributed by atoms with Crippen molar-refractivity contribution < 1.29 is 17.9 Å². The molecule has 1 N–H and O–H groups in total. The van der Waals surface area contributed by atoms with Crippen molar-refractivity contribution >= 4 is 15.9 Å². The molecule has 1 saturated heterocycles. The highest BCUT2D eigenvalue weighted by Gasteiger charge is 2.29. The van der Waals surface area contributed by atoms with Gasteiger partial charge in [-0.15, -0.1) is 0 Å². The van der Waals surface area contributed by atoms with Gasteiger partial charge in [0.25, 0.3) is 0 Å². The molecule has 1 fully saturated rings. The van der Waals surface area contributed by atoms with Gasteiger partial charge in [-0.1, -0.05) is 0 Å². The third kappa shape index (κ3) is 4.55. The van der Waals surface area contributed by atoms with E-state index in [9.17, 15) is 13.2 Å². The Kier molecular flexibility index (Phi) is 5.55. The van der Waals surface area contributed by atoms with Crippen LogP contribution in [0.25, 0.3) is 0 Å². The van der Waals surface area contributed by atoms with E-state index in [4.69, 9.17) is 4.74 Å². The lowest BCUT2D eigenvalue weighted by Gasteiger charge is -2.30. The number of hydrogen-bond donors (Lipinski definition) is 1. The summed E-state index contributed by atoms with van der Waals surface area (Å²) < 4.78 is 29.0. The van der Waals surface area contributed by atoms with Crippen molar-refractivity contribution in [3.63, 3.8) is 0 Å². The van der Waals surface area contributed by atoms with Crippen molar-refractivity contribution in [3.8, 4) is 0 Å². The number of methoxy groups -OCH3 is 1. The summed E-state index contributed by atoms with van der Waals surface area (Å²) >= 11 is 0. The maximum absolute atomic E-state index is 11.9. The van der Waals surface area contributed by atoms with Crippen molar-refractivity contribution in [3.05, 3.63) is 0 Å². The Morgan fingerprint density at radius 1 is 1.44 bits per heavy atom. The predicted molar refractivity (Wildman–Crippen MR) is 68.6 cm³/mol. The van der Waals surface area contributed by atoms with E-state index in [1.807, 2.05) is 6.92 Å². The van der Waals surface area contributed by atoms with Crippen molar-refractivity contribution in [2.24, 2.45) is 5.92 Å². The molecule has 0 bridgehead atoms. The van der Waals surface area contributed by atoms with Crippen LogP contribution in [0.3, 0.4) is 0 Å². The van der Waals surface area contributed by atoms with Crippen LogP contribution in [-0.2, 0) is 19.6 Å². The van der Waals surface area contributed by atoms with Gasteiger partial charge in [-0.2, -0.15) is 0 Å². The molecule has 6 nitrogen and oxygen atoms in total. The van der Waals surface area contributed by atoms with Crippen LogP contribution in [0.4, 0.5) is 0 Å². The fraction of sp³-hybridized carbons (Fsp3) is 0.909. The van der Waals surface area contributed by atoms with Crippen LogP contribution < -0.4 is 5.32 Å². The summed E-state index contributed by atoms with van der Waals surface area (Å²) in [5, 5.41) is 2.87. The number of ether oxygens (including phenoxy) is 1. The zero-order chi connectivity index (χ0) is 13.8. The van der Waals surface area contributed by atoms with E-state index in [2.05, 4.69) is 5.32 Å². The molecule has 0 saturated carbocycles. The van der Waals surface area contributed by atoms with E-state index in [-0.39, 0.29) is 17.9 Å². The highest BCUT2D eigenvalue weighted by Crippen LogP contribution is 2.19. The van der Waals surface area contributed by atoms with E-state index >= 15 is 0 Å². The molecule has 7 heteroatoms. The summed E-state index contributed by atoms with van der Waals surface area (Å²) in [6.45, 7) is 3.21. The number of piperidine rings is 1. The SMILES string of the molecule is COC[C@@H](C)NC(=O)C1CCN(S(C)(=O)=O)CC1. The maximum atomic E-state index is 11.9. The van der Waals surface area contributed by atoms with Crippen LogP contribution in [0.5, 0.6) is 0 Å². The predicted octanol–water partition coefficient (Wildman–Crippen LogP) is -0.191. The molecule has 1 aliphatic heterocycles. The molecule has 0 spiro atoms. The Labute approximate surface area is 109 Å². The summed E-state index contributed by atoms with van der Waals surface area (Å²) in [5.41, 5.74) is 0. The molecule has 0 radical (unpaired) electrons. The van der Waals surface area contributed by atoms with Gasteiger partial charge in [0.2, 0.25) is 15.9 Å². The lowest BCUT2D eigenvalue weighted by molar-refractivity contribution is -0.127. The molecular weight excluding hydrogens is 256 g/mol. The first-order chi connectivity index (χ1) is 8.34. The summed E-state index contributed by atoms with van der Waals surface area (Å²) in [6, 6.07) is -0.0181. The van der Waals surface area contributed by atoms with Gasteiger partial charge < -0.3 is 10.1 Å². The maximum Gasteiger partial charge on any atom is 0.223 e. The quantitative estimate of drug-likeness (QED) is 0.756. The number of hydrogen-bond acceptors (Lipinski definition) is 4. The summed E-state index contributed by atoms with van der Waals surface area (Å²) in [5.74, 6) is -0.102. The number of nitrogens with one attached hydrogen (secondary N) is 1. The zero-order valence-electron chi connectivity index (χ0n) is 11.2. The number of nitrogens with zero attached hydrogens (tertiary/aromatic N) is 1. The molecular formula is C11H22N2O4S. The fourth-order valence-corrected chi connectivity index (χ4v) is 2.98. The zero-order valence-corrected chi connectivity index (χ0v) is 12.0. The van der Waals surface area contributed by atoms with E-state index in [0.29, 0.717) is 32.5 Å². The van der Waals surface area contributed by atoms with Gasteiger partial charge in [0.05, 0.1) is 12.9 Å². The monoisotopic (exact) mass is 278 g/mol.